The number of nitrogens with zero attached hydrogens (tertiary/aromatic N) is 3. The van der Waals surface area contributed by atoms with Crippen LogP contribution in [0.2, 0.25) is 0 Å². The SMILES string of the molecule is CCc1cnc(NCC2CCN(C(=O)OC(C)(C)C)CC2)c(OC)n1. The molecule has 0 spiro atoms. The van der Waals surface area contributed by atoms with E-state index in [1.165, 1.54) is 0 Å². The molecule has 0 bridgehead atoms. The third-order valence-corrected chi connectivity index (χ3v) is 4.17. The molecule has 0 aliphatic carbocycles. The van der Waals surface area contributed by atoms with Gasteiger partial charge in [-0.25, -0.2) is 14.8 Å². The van der Waals surface area contributed by atoms with Crippen LogP contribution < -0.4 is 10.1 Å². The van der Waals surface area contributed by atoms with Gasteiger partial charge in [0.1, 0.15) is 5.60 Å². The average molecular weight is 350 g/mol. The van der Waals surface area contributed by atoms with Gasteiger partial charge in [-0.3, -0.25) is 0 Å². The molecule has 1 amide bonds. The molecule has 2 rings (SSSR count). The lowest BCUT2D eigenvalue weighted by Crippen LogP contribution is -2.42. The Morgan fingerprint density at radius 1 is 1.36 bits per heavy atom. The smallest absolute Gasteiger partial charge is 0.410 e. The molecule has 7 nitrogen and oxygen atoms in total. The van der Waals surface area contributed by atoms with Crippen LogP contribution >= 0.6 is 0 Å². The summed E-state index contributed by atoms with van der Waals surface area (Å²) < 4.78 is 10.7. The van der Waals surface area contributed by atoms with Crippen LogP contribution in [0.25, 0.3) is 0 Å². The molecule has 0 aromatic carbocycles. The van der Waals surface area contributed by atoms with Crippen LogP contribution in [0.4, 0.5) is 10.6 Å². The van der Waals surface area contributed by atoms with Gasteiger partial charge in [0.2, 0.25) is 0 Å². The molecule has 25 heavy (non-hydrogen) atoms. The van der Waals surface area contributed by atoms with Gasteiger partial charge in [-0.2, -0.15) is 0 Å². The van der Waals surface area contributed by atoms with Crippen LogP contribution in [-0.2, 0) is 11.2 Å². The van der Waals surface area contributed by atoms with E-state index >= 15 is 0 Å². The van der Waals surface area contributed by atoms with E-state index in [4.69, 9.17) is 9.47 Å². The fraction of sp³-hybridized carbons (Fsp3) is 0.722. The zero-order chi connectivity index (χ0) is 18.4. The monoisotopic (exact) mass is 350 g/mol. The summed E-state index contributed by atoms with van der Waals surface area (Å²) in [6.45, 7) is 9.94. The lowest BCUT2D eigenvalue weighted by molar-refractivity contribution is 0.0188. The molecule has 7 heteroatoms. The zero-order valence-electron chi connectivity index (χ0n) is 16.0. The first-order valence-corrected chi connectivity index (χ1v) is 8.94. The van der Waals surface area contributed by atoms with Gasteiger partial charge in [-0.1, -0.05) is 6.92 Å². The first-order valence-electron chi connectivity index (χ1n) is 8.94. The minimum Gasteiger partial charge on any atom is -0.478 e. The van der Waals surface area contributed by atoms with Crippen molar-refractivity contribution in [2.75, 3.05) is 32.1 Å². The van der Waals surface area contributed by atoms with Gasteiger partial charge in [0.25, 0.3) is 5.88 Å². The summed E-state index contributed by atoms with van der Waals surface area (Å²) in [5.41, 5.74) is 0.461. The number of hydrogen-bond acceptors (Lipinski definition) is 6. The molecule has 0 radical (unpaired) electrons. The summed E-state index contributed by atoms with van der Waals surface area (Å²) >= 11 is 0. The number of rotatable bonds is 5. The number of amides is 1. The Balaban J connectivity index is 1.82. The van der Waals surface area contributed by atoms with Gasteiger partial charge in [-0.15, -0.1) is 0 Å². The van der Waals surface area contributed by atoms with Gasteiger partial charge < -0.3 is 19.7 Å². The van der Waals surface area contributed by atoms with Crippen LogP contribution in [0.5, 0.6) is 5.88 Å². The number of nitrogens with one attached hydrogen (secondary N) is 1. The summed E-state index contributed by atoms with van der Waals surface area (Å²) in [5, 5.41) is 3.33. The van der Waals surface area contributed by atoms with E-state index in [0.29, 0.717) is 17.6 Å². The number of methoxy groups -OCH3 is 1. The predicted octanol–water partition coefficient (Wildman–Crippen LogP) is 3.11. The Hall–Kier alpha value is -2.05. The summed E-state index contributed by atoms with van der Waals surface area (Å²) in [5.74, 6) is 1.69. The lowest BCUT2D eigenvalue weighted by Gasteiger charge is -2.33. The van der Waals surface area contributed by atoms with Crippen molar-refractivity contribution < 1.29 is 14.3 Å². The highest BCUT2D eigenvalue weighted by molar-refractivity contribution is 5.68. The molecule has 2 heterocycles. The van der Waals surface area contributed by atoms with Crippen molar-refractivity contribution in [1.29, 1.82) is 0 Å². The second-order valence-electron chi connectivity index (χ2n) is 7.36. The minimum absolute atomic E-state index is 0.221. The van der Waals surface area contributed by atoms with E-state index in [0.717, 1.165) is 44.6 Å². The van der Waals surface area contributed by atoms with Crippen molar-refractivity contribution in [2.24, 2.45) is 5.92 Å². The van der Waals surface area contributed by atoms with Crippen molar-refractivity contribution >= 4 is 11.9 Å². The minimum atomic E-state index is -0.449. The van der Waals surface area contributed by atoms with Crippen molar-refractivity contribution in [3.63, 3.8) is 0 Å². The van der Waals surface area contributed by atoms with Crippen molar-refractivity contribution in [3.05, 3.63) is 11.9 Å². The maximum absolute atomic E-state index is 12.1. The highest BCUT2D eigenvalue weighted by atomic mass is 16.6. The maximum atomic E-state index is 12.1. The molecule has 1 aromatic rings. The maximum Gasteiger partial charge on any atom is 0.410 e. The second-order valence-corrected chi connectivity index (χ2v) is 7.36. The quantitative estimate of drug-likeness (QED) is 0.879. The lowest BCUT2D eigenvalue weighted by atomic mass is 9.97. The van der Waals surface area contributed by atoms with Gasteiger partial charge in [0, 0.05) is 19.6 Å². The van der Waals surface area contributed by atoms with Crippen LogP contribution in [0.3, 0.4) is 0 Å². The summed E-state index contributed by atoms with van der Waals surface area (Å²) in [6, 6.07) is 0. The Bertz CT molecular complexity index is 578. The van der Waals surface area contributed by atoms with Crippen LogP contribution in [0.15, 0.2) is 6.20 Å². The molecule has 1 aliphatic rings. The van der Waals surface area contributed by atoms with Gasteiger partial charge in [0.15, 0.2) is 5.82 Å². The van der Waals surface area contributed by atoms with E-state index in [1.807, 2.05) is 27.7 Å². The molecule has 1 fully saturated rings. The summed E-state index contributed by atoms with van der Waals surface area (Å²) in [4.78, 5) is 22.7. The first kappa shape index (κ1) is 19.3. The molecule has 0 saturated carbocycles. The summed E-state index contributed by atoms with van der Waals surface area (Å²) in [6.07, 6.45) is 4.26. The fourth-order valence-electron chi connectivity index (χ4n) is 2.73. The molecule has 1 N–H and O–H groups in total. The van der Waals surface area contributed by atoms with Crippen LogP contribution in [0, 0.1) is 5.92 Å². The first-order chi connectivity index (χ1) is 11.8. The number of carbonyl (C=O) groups is 1. The van der Waals surface area contributed by atoms with E-state index in [1.54, 1.807) is 18.2 Å². The number of ether oxygens (including phenoxy) is 2. The van der Waals surface area contributed by atoms with Crippen LogP contribution in [0.1, 0.15) is 46.2 Å². The molecular formula is C18H30N4O3. The Labute approximate surface area is 150 Å². The van der Waals surface area contributed by atoms with Crippen LogP contribution in [-0.4, -0.2) is 53.3 Å². The van der Waals surface area contributed by atoms with E-state index < -0.39 is 5.60 Å². The van der Waals surface area contributed by atoms with Crippen molar-refractivity contribution in [2.45, 2.75) is 52.6 Å². The number of aryl methyl sites for hydroxylation is 1. The predicted molar refractivity (Wildman–Crippen MR) is 97.0 cm³/mol. The standard InChI is InChI=1S/C18H30N4O3/c1-6-14-12-20-15(16(21-14)24-5)19-11-13-7-9-22(10-8-13)17(23)25-18(2,3)4/h12-13H,6-11H2,1-5H3,(H,19,20). The molecule has 1 saturated heterocycles. The summed E-state index contributed by atoms with van der Waals surface area (Å²) in [7, 11) is 1.61. The van der Waals surface area contributed by atoms with Gasteiger partial charge in [0.05, 0.1) is 19.0 Å². The highest BCUT2D eigenvalue weighted by Gasteiger charge is 2.26. The second kappa shape index (κ2) is 8.36. The van der Waals surface area contributed by atoms with Crippen molar-refractivity contribution in [3.8, 4) is 5.88 Å². The average Bonchev–Trinajstić information content (AvgIpc) is 2.58. The molecular weight excluding hydrogens is 320 g/mol. The normalized spacial score (nSPS) is 15.8. The van der Waals surface area contributed by atoms with Crippen molar-refractivity contribution in [1.82, 2.24) is 14.9 Å². The number of carbonyl (C=O) groups excluding carboxylic acids is 1. The molecule has 0 atom stereocenters. The number of hydrogen-bond donors (Lipinski definition) is 1. The molecule has 140 valence electrons. The van der Waals surface area contributed by atoms with Gasteiger partial charge >= 0.3 is 6.09 Å². The Morgan fingerprint density at radius 3 is 2.60 bits per heavy atom. The highest BCUT2D eigenvalue weighted by Crippen LogP contribution is 2.23. The number of anilines is 1. The van der Waals surface area contributed by atoms with E-state index in [9.17, 15) is 4.79 Å². The number of piperidine rings is 1. The van der Waals surface area contributed by atoms with Gasteiger partial charge in [-0.05, 0) is 46.0 Å². The molecule has 1 aromatic heterocycles. The third-order valence-electron chi connectivity index (χ3n) is 4.17. The molecule has 0 unspecified atom stereocenters. The zero-order valence-corrected chi connectivity index (χ0v) is 16.0. The van der Waals surface area contributed by atoms with E-state index in [2.05, 4.69) is 15.3 Å². The topological polar surface area (TPSA) is 76.6 Å². The Kier molecular flexibility index (Phi) is 6.45. The number of aromatic nitrogens is 2. The molecule has 1 aliphatic heterocycles. The van der Waals surface area contributed by atoms with E-state index in [-0.39, 0.29) is 6.09 Å². The largest absolute Gasteiger partial charge is 0.478 e. The Morgan fingerprint density at radius 2 is 2.04 bits per heavy atom. The fourth-order valence-corrected chi connectivity index (χ4v) is 2.73. The third kappa shape index (κ3) is 5.76. The number of likely N-dealkylation sites (tertiary alicyclic amines) is 1.